The third kappa shape index (κ3) is 4.36. The number of benzene rings is 2. The molecule has 0 spiro atoms. The normalized spacial score (nSPS) is 10.3. The maximum absolute atomic E-state index is 12.3. The molecule has 3 aromatic rings. The summed E-state index contributed by atoms with van der Waals surface area (Å²) in [6, 6.07) is 15.6. The Morgan fingerprint density at radius 2 is 1.65 bits per heavy atom. The van der Waals surface area contributed by atoms with Gasteiger partial charge in [-0.05, 0) is 48.9 Å². The molecule has 1 heterocycles. The van der Waals surface area contributed by atoms with Crippen molar-refractivity contribution in [2.24, 2.45) is 0 Å². The zero-order valence-corrected chi connectivity index (χ0v) is 15.0. The molecule has 0 saturated carbocycles. The van der Waals surface area contributed by atoms with E-state index in [4.69, 9.17) is 0 Å². The largest absolute Gasteiger partial charge is 0.378 e. The van der Waals surface area contributed by atoms with Gasteiger partial charge in [0.1, 0.15) is 0 Å². The molecule has 26 heavy (non-hydrogen) atoms. The summed E-state index contributed by atoms with van der Waals surface area (Å²) < 4.78 is 0. The molecule has 0 aliphatic heterocycles. The monoisotopic (exact) mass is 347 g/mol. The van der Waals surface area contributed by atoms with E-state index in [0.29, 0.717) is 11.5 Å². The van der Waals surface area contributed by atoms with E-state index in [1.54, 1.807) is 0 Å². The van der Waals surface area contributed by atoms with Gasteiger partial charge in [0.25, 0.3) is 5.91 Å². The van der Waals surface area contributed by atoms with Crippen molar-refractivity contribution in [3.05, 3.63) is 72.1 Å². The zero-order chi connectivity index (χ0) is 18.5. The first-order valence-electron chi connectivity index (χ1n) is 8.26. The van der Waals surface area contributed by atoms with Crippen LogP contribution in [0.4, 0.5) is 23.0 Å². The highest BCUT2D eigenvalue weighted by Crippen LogP contribution is 2.18. The number of anilines is 4. The van der Waals surface area contributed by atoms with Gasteiger partial charge in [-0.1, -0.05) is 12.1 Å². The Morgan fingerprint density at radius 3 is 2.27 bits per heavy atom. The SMILES string of the molecule is Cc1cccc(NC(=O)c2cnc(Nc3ccc(N(C)C)cc3)nc2)c1. The van der Waals surface area contributed by atoms with Crippen LogP contribution in [-0.2, 0) is 0 Å². The lowest BCUT2D eigenvalue weighted by molar-refractivity contribution is 0.102. The van der Waals surface area contributed by atoms with Crippen molar-refractivity contribution < 1.29 is 4.79 Å². The van der Waals surface area contributed by atoms with Gasteiger partial charge in [-0.15, -0.1) is 0 Å². The summed E-state index contributed by atoms with van der Waals surface area (Å²) in [4.78, 5) is 22.7. The summed E-state index contributed by atoms with van der Waals surface area (Å²) in [5.74, 6) is 0.201. The van der Waals surface area contributed by atoms with E-state index < -0.39 is 0 Å². The molecular weight excluding hydrogens is 326 g/mol. The number of aromatic nitrogens is 2. The number of amides is 1. The molecule has 6 nitrogen and oxygen atoms in total. The van der Waals surface area contributed by atoms with Crippen molar-refractivity contribution >= 4 is 28.9 Å². The van der Waals surface area contributed by atoms with Gasteiger partial charge >= 0.3 is 0 Å². The molecule has 1 aromatic heterocycles. The topological polar surface area (TPSA) is 70.2 Å². The van der Waals surface area contributed by atoms with Crippen LogP contribution >= 0.6 is 0 Å². The third-order valence-electron chi connectivity index (χ3n) is 3.83. The van der Waals surface area contributed by atoms with Crippen LogP contribution in [0.2, 0.25) is 0 Å². The summed E-state index contributed by atoms with van der Waals surface area (Å²) in [5, 5.41) is 5.96. The highest BCUT2D eigenvalue weighted by atomic mass is 16.1. The average molecular weight is 347 g/mol. The van der Waals surface area contributed by atoms with Crippen LogP contribution in [0.15, 0.2) is 60.9 Å². The smallest absolute Gasteiger partial charge is 0.258 e. The Hall–Kier alpha value is -3.41. The summed E-state index contributed by atoms with van der Waals surface area (Å²) >= 11 is 0. The van der Waals surface area contributed by atoms with Gasteiger partial charge in [0.15, 0.2) is 0 Å². The number of rotatable bonds is 5. The zero-order valence-electron chi connectivity index (χ0n) is 15.0. The molecule has 0 bridgehead atoms. The first-order valence-corrected chi connectivity index (χ1v) is 8.26. The summed E-state index contributed by atoms with van der Waals surface area (Å²) in [6.45, 7) is 1.98. The first-order chi connectivity index (χ1) is 12.5. The molecule has 1 amide bonds. The fourth-order valence-electron chi connectivity index (χ4n) is 2.41. The molecule has 0 aliphatic carbocycles. The van der Waals surface area contributed by atoms with Crippen LogP contribution in [0.5, 0.6) is 0 Å². The Balaban J connectivity index is 1.65. The molecule has 132 valence electrons. The quantitative estimate of drug-likeness (QED) is 0.734. The maximum Gasteiger partial charge on any atom is 0.258 e. The number of nitrogens with one attached hydrogen (secondary N) is 2. The molecule has 0 saturated heterocycles. The van der Waals surface area contributed by atoms with Crippen LogP contribution in [0.3, 0.4) is 0 Å². The van der Waals surface area contributed by atoms with Crippen molar-refractivity contribution in [3.8, 4) is 0 Å². The molecule has 2 aromatic carbocycles. The minimum absolute atomic E-state index is 0.238. The maximum atomic E-state index is 12.3. The van der Waals surface area contributed by atoms with Crippen LogP contribution in [0.1, 0.15) is 15.9 Å². The third-order valence-corrected chi connectivity index (χ3v) is 3.83. The van der Waals surface area contributed by atoms with Gasteiger partial charge < -0.3 is 15.5 Å². The van der Waals surface area contributed by atoms with Crippen molar-refractivity contribution in [1.82, 2.24) is 9.97 Å². The van der Waals surface area contributed by atoms with E-state index in [1.807, 2.05) is 74.4 Å². The lowest BCUT2D eigenvalue weighted by Gasteiger charge is -2.13. The minimum atomic E-state index is -0.238. The molecule has 3 rings (SSSR count). The van der Waals surface area contributed by atoms with Crippen molar-refractivity contribution in [3.63, 3.8) is 0 Å². The van der Waals surface area contributed by atoms with E-state index in [9.17, 15) is 4.79 Å². The van der Waals surface area contributed by atoms with Gasteiger partial charge in [-0.3, -0.25) is 4.79 Å². The molecule has 2 N–H and O–H groups in total. The minimum Gasteiger partial charge on any atom is -0.378 e. The van der Waals surface area contributed by atoms with Crippen LogP contribution in [-0.4, -0.2) is 30.0 Å². The Morgan fingerprint density at radius 1 is 0.962 bits per heavy atom. The number of hydrogen-bond acceptors (Lipinski definition) is 5. The number of nitrogens with zero attached hydrogens (tertiary/aromatic N) is 3. The van der Waals surface area contributed by atoms with E-state index in [0.717, 1.165) is 22.6 Å². The highest BCUT2D eigenvalue weighted by molar-refractivity contribution is 6.03. The summed E-state index contributed by atoms with van der Waals surface area (Å²) in [5.41, 5.74) is 4.23. The number of aryl methyl sites for hydroxylation is 1. The van der Waals surface area contributed by atoms with E-state index in [1.165, 1.54) is 12.4 Å². The predicted octanol–water partition coefficient (Wildman–Crippen LogP) is 3.85. The molecule has 6 heteroatoms. The Labute approximate surface area is 152 Å². The Bertz CT molecular complexity index is 889. The highest BCUT2D eigenvalue weighted by Gasteiger charge is 2.08. The predicted molar refractivity (Wildman–Crippen MR) is 105 cm³/mol. The van der Waals surface area contributed by atoms with Gasteiger partial charge in [0.05, 0.1) is 5.56 Å². The second-order valence-electron chi connectivity index (χ2n) is 6.19. The molecule has 0 fully saturated rings. The number of carbonyl (C=O) groups is 1. The van der Waals surface area contributed by atoms with Crippen molar-refractivity contribution in [1.29, 1.82) is 0 Å². The van der Waals surface area contributed by atoms with Crippen LogP contribution in [0.25, 0.3) is 0 Å². The fourth-order valence-corrected chi connectivity index (χ4v) is 2.41. The van der Waals surface area contributed by atoms with Gasteiger partial charge in [-0.25, -0.2) is 9.97 Å². The molecular formula is C20H21N5O. The molecule has 0 atom stereocenters. The first kappa shape index (κ1) is 17.4. The number of carbonyl (C=O) groups excluding carboxylic acids is 1. The van der Waals surface area contributed by atoms with Crippen molar-refractivity contribution in [2.45, 2.75) is 6.92 Å². The van der Waals surface area contributed by atoms with Crippen LogP contribution in [0, 0.1) is 6.92 Å². The lowest BCUT2D eigenvalue weighted by atomic mass is 10.2. The second kappa shape index (κ2) is 7.65. The second-order valence-corrected chi connectivity index (χ2v) is 6.19. The average Bonchev–Trinajstić information content (AvgIpc) is 2.63. The fraction of sp³-hybridized carbons (Fsp3) is 0.150. The van der Waals surface area contributed by atoms with Gasteiger partial charge in [0.2, 0.25) is 5.95 Å². The molecule has 0 aliphatic rings. The van der Waals surface area contributed by atoms with Crippen molar-refractivity contribution in [2.75, 3.05) is 29.6 Å². The van der Waals surface area contributed by atoms with Gasteiger partial charge in [-0.2, -0.15) is 0 Å². The standard InChI is InChI=1S/C20H21N5O/c1-14-5-4-6-17(11-14)23-19(26)15-12-21-20(22-13-15)24-16-7-9-18(10-8-16)25(2)3/h4-13H,1-3H3,(H,23,26)(H,21,22,24). The molecule has 0 radical (unpaired) electrons. The van der Waals surface area contributed by atoms with E-state index in [-0.39, 0.29) is 5.91 Å². The summed E-state index contributed by atoms with van der Waals surface area (Å²) in [6.07, 6.45) is 3.02. The van der Waals surface area contributed by atoms with Gasteiger partial charge in [0, 0.05) is 43.6 Å². The molecule has 0 unspecified atom stereocenters. The Kier molecular flexibility index (Phi) is 5.12. The lowest BCUT2D eigenvalue weighted by Crippen LogP contribution is -2.13. The van der Waals surface area contributed by atoms with E-state index in [2.05, 4.69) is 20.6 Å². The summed E-state index contributed by atoms with van der Waals surface area (Å²) in [7, 11) is 3.98. The number of hydrogen-bond donors (Lipinski definition) is 2. The van der Waals surface area contributed by atoms with Crippen LogP contribution < -0.4 is 15.5 Å². The van der Waals surface area contributed by atoms with E-state index >= 15 is 0 Å².